The van der Waals surface area contributed by atoms with Gasteiger partial charge in [0, 0.05) is 29.1 Å². The van der Waals surface area contributed by atoms with Crippen molar-refractivity contribution in [2.75, 3.05) is 18.0 Å². The molecule has 1 rings (SSSR count). The van der Waals surface area contributed by atoms with Gasteiger partial charge in [0.1, 0.15) is 0 Å². The van der Waals surface area contributed by atoms with E-state index in [2.05, 4.69) is 66.7 Å². The van der Waals surface area contributed by atoms with Crippen LogP contribution >= 0.6 is 27.5 Å². The Balaban J connectivity index is 2.92. The largest absolute Gasteiger partial charge is 0.371 e. The first-order chi connectivity index (χ1) is 9.43. The van der Waals surface area contributed by atoms with Crippen molar-refractivity contribution < 1.29 is 0 Å². The highest BCUT2D eigenvalue weighted by atomic mass is 79.9. The van der Waals surface area contributed by atoms with Crippen LogP contribution < -0.4 is 4.90 Å². The molecule has 1 aromatic carbocycles. The van der Waals surface area contributed by atoms with Crippen LogP contribution in [0.3, 0.4) is 0 Å². The molecule has 0 amide bonds. The van der Waals surface area contributed by atoms with Gasteiger partial charge in [-0.1, -0.05) is 49.7 Å². The van der Waals surface area contributed by atoms with E-state index >= 15 is 0 Å². The van der Waals surface area contributed by atoms with Crippen molar-refractivity contribution in [3.8, 4) is 0 Å². The van der Waals surface area contributed by atoms with Crippen molar-refractivity contribution in [2.45, 2.75) is 46.4 Å². The SMILES string of the molecule is CC(C)CCN(CCC(C)C)c1cc(Br)ccc1CCl. The second kappa shape index (κ2) is 8.94. The van der Waals surface area contributed by atoms with Gasteiger partial charge in [-0.3, -0.25) is 0 Å². The summed E-state index contributed by atoms with van der Waals surface area (Å²) in [5, 5.41) is 0. The molecule has 114 valence electrons. The smallest absolute Gasteiger partial charge is 0.0494 e. The number of alkyl halides is 1. The fourth-order valence-electron chi connectivity index (χ4n) is 2.13. The van der Waals surface area contributed by atoms with Gasteiger partial charge in [0.15, 0.2) is 0 Å². The molecule has 0 aliphatic heterocycles. The van der Waals surface area contributed by atoms with E-state index in [0.717, 1.165) is 29.4 Å². The van der Waals surface area contributed by atoms with Crippen molar-refractivity contribution in [3.63, 3.8) is 0 Å². The van der Waals surface area contributed by atoms with Crippen LogP contribution in [-0.2, 0) is 5.88 Å². The molecule has 0 spiro atoms. The van der Waals surface area contributed by atoms with Crippen molar-refractivity contribution in [2.24, 2.45) is 11.8 Å². The predicted molar refractivity (Wildman–Crippen MR) is 94.8 cm³/mol. The van der Waals surface area contributed by atoms with Crippen molar-refractivity contribution in [3.05, 3.63) is 28.2 Å². The Bertz CT molecular complexity index is 392. The minimum absolute atomic E-state index is 0.572. The molecule has 3 heteroatoms. The topological polar surface area (TPSA) is 3.24 Å². The van der Waals surface area contributed by atoms with E-state index in [-0.39, 0.29) is 0 Å². The van der Waals surface area contributed by atoms with Gasteiger partial charge in [-0.15, -0.1) is 11.6 Å². The lowest BCUT2D eigenvalue weighted by Crippen LogP contribution is -2.28. The van der Waals surface area contributed by atoms with E-state index in [1.807, 2.05) is 0 Å². The lowest BCUT2D eigenvalue weighted by molar-refractivity contribution is 0.535. The van der Waals surface area contributed by atoms with Crippen LogP contribution in [0.5, 0.6) is 0 Å². The minimum Gasteiger partial charge on any atom is -0.371 e. The first-order valence-corrected chi connectivity index (χ1v) is 8.86. The Hall–Kier alpha value is -0.210. The molecular formula is C17H27BrClN. The number of anilines is 1. The molecule has 0 atom stereocenters. The zero-order valence-corrected chi connectivity index (χ0v) is 15.5. The van der Waals surface area contributed by atoms with Gasteiger partial charge in [0.05, 0.1) is 0 Å². The highest BCUT2D eigenvalue weighted by Crippen LogP contribution is 2.28. The molecule has 0 heterocycles. The third kappa shape index (κ3) is 6.05. The molecule has 0 N–H and O–H groups in total. The van der Waals surface area contributed by atoms with Crippen LogP contribution in [0.2, 0.25) is 0 Å². The third-order valence-corrected chi connectivity index (χ3v) is 4.27. The van der Waals surface area contributed by atoms with Crippen molar-refractivity contribution in [1.82, 2.24) is 0 Å². The highest BCUT2D eigenvalue weighted by molar-refractivity contribution is 9.10. The average Bonchev–Trinajstić information content (AvgIpc) is 2.38. The lowest BCUT2D eigenvalue weighted by Gasteiger charge is -2.28. The molecule has 0 fully saturated rings. The van der Waals surface area contributed by atoms with E-state index in [0.29, 0.717) is 5.88 Å². The Morgan fingerprint density at radius 2 is 1.60 bits per heavy atom. The molecule has 0 saturated heterocycles. The minimum atomic E-state index is 0.572. The maximum Gasteiger partial charge on any atom is 0.0494 e. The van der Waals surface area contributed by atoms with E-state index in [1.165, 1.54) is 24.1 Å². The normalized spacial score (nSPS) is 11.4. The molecule has 20 heavy (non-hydrogen) atoms. The first kappa shape index (κ1) is 17.8. The van der Waals surface area contributed by atoms with Gasteiger partial charge in [0.25, 0.3) is 0 Å². The quantitative estimate of drug-likeness (QED) is 0.507. The Kier molecular flexibility index (Phi) is 7.98. The average molecular weight is 361 g/mol. The van der Waals surface area contributed by atoms with Crippen molar-refractivity contribution >= 4 is 33.2 Å². The second-order valence-electron chi connectivity index (χ2n) is 6.26. The van der Waals surface area contributed by atoms with Gasteiger partial charge < -0.3 is 4.90 Å². The van der Waals surface area contributed by atoms with Crippen LogP contribution in [0, 0.1) is 11.8 Å². The Labute approximate surface area is 137 Å². The van der Waals surface area contributed by atoms with Crippen LogP contribution in [-0.4, -0.2) is 13.1 Å². The summed E-state index contributed by atoms with van der Waals surface area (Å²) in [4.78, 5) is 2.50. The molecule has 0 aromatic heterocycles. The zero-order chi connectivity index (χ0) is 15.1. The lowest BCUT2D eigenvalue weighted by atomic mass is 10.1. The molecule has 0 saturated carbocycles. The summed E-state index contributed by atoms with van der Waals surface area (Å²) in [6, 6.07) is 6.41. The number of halogens is 2. The highest BCUT2D eigenvalue weighted by Gasteiger charge is 2.13. The monoisotopic (exact) mass is 359 g/mol. The molecule has 0 unspecified atom stereocenters. The van der Waals surface area contributed by atoms with E-state index < -0.39 is 0 Å². The third-order valence-electron chi connectivity index (χ3n) is 3.48. The summed E-state index contributed by atoms with van der Waals surface area (Å²) in [7, 11) is 0. The maximum absolute atomic E-state index is 6.11. The van der Waals surface area contributed by atoms with Crippen LogP contribution in [0.4, 0.5) is 5.69 Å². The zero-order valence-electron chi connectivity index (χ0n) is 13.1. The number of nitrogens with zero attached hydrogens (tertiary/aromatic N) is 1. The maximum atomic E-state index is 6.11. The summed E-state index contributed by atoms with van der Waals surface area (Å²) >= 11 is 9.70. The van der Waals surface area contributed by atoms with E-state index in [1.54, 1.807) is 0 Å². The first-order valence-electron chi connectivity index (χ1n) is 7.53. The number of benzene rings is 1. The number of hydrogen-bond donors (Lipinski definition) is 0. The Morgan fingerprint density at radius 1 is 1.05 bits per heavy atom. The van der Waals surface area contributed by atoms with Crippen LogP contribution in [0.15, 0.2) is 22.7 Å². The molecule has 1 nitrogen and oxygen atoms in total. The Morgan fingerprint density at radius 3 is 2.05 bits per heavy atom. The molecule has 0 bridgehead atoms. The summed E-state index contributed by atoms with van der Waals surface area (Å²) in [5.74, 6) is 2.02. The molecular weight excluding hydrogens is 334 g/mol. The molecule has 0 radical (unpaired) electrons. The van der Waals surface area contributed by atoms with Gasteiger partial charge in [-0.05, 0) is 42.4 Å². The van der Waals surface area contributed by atoms with E-state index in [4.69, 9.17) is 11.6 Å². The molecule has 1 aromatic rings. The van der Waals surface area contributed by atoms with Crippen molar-refractivity contribution in [1.29, 1.82) is 0 Å². The van der Waals surface area contributed by atoms with Crippen LogP contribution in [0.25, 0.3) is 0 Å². The fourth-order valence-corrected chi connectivity index (χ4v) is 2.70. The van der Waals surface area contributed by atoms with Gasteiger partial charge in [0.2, 0.25) is 0 Å². The number of rotatable bonds is 8. The summed E-state index contributed by atoms with van der Waals surface area (Å²) < 4.78 is 1.13. The number of hydrogen-bond acceptors (Lipinski definition) is 1. The summed E-state index contributed by atoms with van der Waals surface area (Å²) in [6.07, 6.45) is 2.43. The predicted octanol–water partition coefficient (Wildman–Crippen LogP) is 6.09. The van der Waals surface area contributed by atoms with Gasteiger partial charge in [-0.25, -0.2) is 0 Å². The second-order valence-corrected chi connectivity index (χ2v) is 7.44. The standard InChI is InChI=1S/C17H27BrClN/c1-13(2)7-9-20(10-8-14(3)4)17-11-16(18)6-5-15(17)12-19/h5-6,11,13-14H,7-10,12H2,1-4H3. The van der Waals surface area contributed by atoms with Crippen LogP contribution in [0.1, 0.15) is 46.1 Å². The van der Waals surface area contributed by atoms with Gasteiger partial charge >= 0.3 is 0 Å². The summed E-state index contributed by atoms with van der Waals surface area (Å²) in [5.41, 5.74) is 2.51. The molecule has 0 aliphatic rings. The van der Waals surface area contributed by atoms with E-state index in [9.17, 15) is 0 Å². The van der Waals surface area contributed by atoms with Gasteiger partial charge in [-0.2, -0.15) is 0 Å². The fraction of sp³-hybridized carbons (Fsp3) is 0.647. The molecule has 0 aliphatic carbocycles. The summed E-state index contributed by atoms with van der Waals surface area (Å²) in [6.45, 7) is 11.3.